The van der Waals surface area contributed by atoms with E-state index in [1.54, 1.807) is 0 Å². The highest BCUT2D eigenvalue weighted by Gasteiger charge is 2.16. The van der Waals surface area contributed by atoms with Gasteiger partial charge in [-0.15, -0.1) is 0 Å². The van der Waals surface area contributed by atoms with Gasteiger partial charge in [0.1, 0.15) is 23.8 Å². The third-order valence-electron chi connectivity index (χ3n) is 2.74. The van der Waals surface area contributed by atoms with Crippen LogP contribution >= 0.6 is 11.6 Å². The van der Waals surface area contributed by atoms with Gasteiger partial charge in [-0.3, -0.25) is 0 Å². The first-order valence-corrected chi connectivity index (χ1v) is 6.30. The molecule has 0 spiro atoms. The van der Waals surface area contributed by atoms with Gasteiger partial charge < -0.3 is 11.1 Å². The number of nitrogen functional groups attached to an aromatic ring is 1. The van der Waals surface area contributed by atoms with Crippen LogP contribution in [0.4, 0.5) is 26.1 Å². The topological polar surface area (TPSA) is 63.8 Å². The third-order valence-corrected chi connectivity index (χ3v) is 3.04. The van der Waals surface area contributed by atoms with Gasteiger partial charge in [0.05, 0.1) is 10.7 Å². The molecule has 0 aliphatic carbocycles. The fourth-order valence-electron chi connectivity index (χ4n) is 1.86. The van der Waals surface area contributed by atoms with E-state index in [1.807, 2.05) is 13.8 Å². The average molecular weight is 299 g/mol. The van der Waals surface area contributed by atoms with Crippen molar-refractivity contribution in [1.29, 1.82) is 0 Å². The molecule has 0 saturated carbocycles. The van der Waals surface area contributed by atoms with Gasteiger partial charge in [0.15, 0.2) is 5.82 Å². The Morgan fingerprint density at radius 2 is 1.95 bits per heavy atom. The van der Waals surface area contributed by atoms with Gasteiger partial charge in [0.2, 0.25) is 0 Å². The zero-order chi connectivity index (χ0) is 14.9. The molecular weight excluding hydrogens is 286 g/mol. The number of benzene rings is 1. The monoisotopic (exact) mass is 298 g/mol. The molecule has 106 valence electrons. The Bertz CT molecular complexity index is 623. The highest BCUT2D eigenvalue weighted by Crippen LogP contribution is 2.33. The third kappa shape index (κ3) is 2.80. The Labute approximate surface area is 120 Å². The lowest BCUT2D eigenvalue weighted by atomic mass is 10.0. The van der Waals surface area contributed by atoms with Gasteiger partial charge in [-0.05, 0) is 12.0 Å². The number of hydrogen-bond donors (Lipinski definition) is 2. The van der Waals surface area contributed by atoms with Crippen LogP contribution in [0.3, 0.4) is 0 Å². The Hall–Kier alpha value is -1.95. The number of anilines is 3. The minimum Gasteiger partial charge on any atom is -0.383 e. The summed E-state index contributed by atoms with van der Waals surface area (Å²) < 4.78 is 26.8. The molecule has 1 aromatic carbocycles. The second-order valence-corrected chi connectivity index (χ2v) is 4.95. The number of rotatable bonds is 3. The second kappa shape index (κ2) is 5.58. The van der Waals surface area contributed by atoms with Gasteiger partial charge in [0.25, 0.3) is 0 Å². The van der Waals surface area contributed by atoms with E-state index in [1.165, 1.54) is 6.33 Å². The Morgan fingerprint density at radius 3 is 2.55 bits per heavy atom. The van der Waals surface area contributed by atoms with E-state index in [9.17, 15) is 8.78 Å². The van der Waals surface area contributed by atoms with E-state index >= 15 is 0 Å². The number of hydrogen-bond acceptors (Lipinski definition) is 4. The standard InChI is InChI=1S/C13H13ClF2N4/c1-6(2)10-12(17)18-5-19-13(10)20-11-8(14)3-7(15)4-9(11)16/h3-6H,1-2H3,(H3,17,18,19,20). The van der Waals surface area contributed by atoms with Crippen LogP contribution in [0.2, 0.25) is 5.02 Å². The summed E-state index contributed by atoms with van der Waals surface area (Å²) in [7, 11) is 0. The van der Waals surface area contributed by atoms with Crippen LogP contribution < -0.4 is 11.1 Å². The summed E-state index contributed by atoms with van der Waals surface area (Å²) in [6, 6.07) is 1.76. The maximum absolute atomic E-state index is 13.8. The van der Waals surface area contributed by atoms with E-state index in [0.717, 1.165) is 12.1 Å². The molecule has 0 saturated heterocycles. The summed E-state index contributed by atoms with van der Waals surface area (Å²) in [5.74, 6) is -0.872. The van der Waals surface area contributed by atoms with Crippen LogP contribution in [-0.2, 0) is 0 Å². The van der Waals surface area contributed by atoms with Crippen molar-refractivity contribution in [1.82, 2.24) is 9.97 Å². The van der Waals surface area contributed by atoms with E-state index in [-0.39, 0.29) is 16.6 Å². The van der Waals surface area contributed by atoms with Gasteiger partial charge >= 0.3 is 0 Å². The van der Waals surface area contributed by atoms with Gasteiger partial charge in [-0.25, -0.2) is 18.7 Å². The molecule has 20 heavy (non-hydrogen) atoms. The van der Waals surface area contributed by atoms with Gasteiger partial charge in [-0.1, -0.05) is 25.4 Å². The molecule has 0 fully saturated rings. The minimum absolute atomic E-state index is 0.0287. The Kier molecular flexibility index (Phi) is 4.04. The molecule has 0 atom stereocenters. The molecule has 0 aliphatic rings. The smallest absolute Gasteiger partial charge is 0.151 e. The lowest BCUT2D eigenvalue weighted by Gasteiger charge is -2.16. The molecule has 0 radical (unpaired) electrons. The van der Waals surface area contributed by atoms with Crippen molar-refractivity contribution in [3.63, 3.8) is 0 Å². The molecule has 1 heterocycles. The quantitative estimate of drug-likeness (QED) is 0.903. The van der Waals surface area contributed by atoms with Crippen molar-refractivity contribution in [2.45, 2.75) is 19.8 Å². The first-order chi connectivity index (χ1) is 9.40. The SMILES string of the molecule is CC(C)c1c(N)ncnc1Nc1c(F)cc(F)cc1Cl. The lowest BCUT2D eigenvalue weighted by molar-refractivity contribution is 0.586. The van der Waals surface area contributed by atoms with Crippen LogP contribution in [0.25, 0.3) is 0 Å². The van der Waals surface area contributed by atoms with Crippen molar-refractivity contribution in [3.05, 3.63) is 40.7 Å². The van der Waals surface area contributed by atoms with E-state index in [2.05, 4.69) is 15.3 Å². The highest BCUT2D eigenvalue weighted by molar-refractivity contribution is 6.33. The maximum Gasteiger partial charge on any atom is 0.151 e. The predicted molar refractivity (Wildman–Crippen MR) is 75.2 cm³/mol. The summed E-state index contributed by atoms with van der Waals surface area (Å²) in [6.45, 7) is 3.81. The molecule has 2 aromatic rings. The molecule has 0 unspecified atom stereocenters. The molecule has 3 N–H and O–H groups in total. The number of nitrogens with two attached hydrogens (primary N) is 1. The van der Waals surface area contributed by atoms with Crippen LogP contribution in [0.1, 0.15) is 25.3 Å². The number of nitrogens with zero attached hydrogens (tertiary/aromatic N) is 2. The fourth-order valence-corrected chi connectivity index (χ4v) is 2.10. The summed E-state index contributed by atoms with van der Waals surface area (Å²) in [5.41, 5.74) is 6.40. The van der Waals surface area contributed by atoms with Crippen LogP contribution in [0, 0.1) is 11.6 Å². The van der Waals surface area contributed by atoms with Crippen molar-refractivity contribution in [2.24, 2.45) is 0 Å². The number of aromatic nitrogens is 2. The molecule has 7 heteroatoms. The second-order valence-electron chi connectivity index (χ2n) is 4.55. The van der Waals surface area contributed by atoms with Crippen LogP contribution in [0.15, 0.2) is 18.5 Å². The van der Waals surface area contributed by atoms with Crippen LogP contribution in [0.5, 0.6) is 0 Å². The average Bonchev–Trinajstić information content (AvgIpc) is 2.33. The highest BCUT2D eigenvalue weighted by atomic mass is 35.5. The first-order valence-electron chi connectivity index (χ1n) is 5.92. The lowest BCUT2D eigenvalue weighted by Crippen LogP contribution is -2.07. The zero-order valence-corrected chi connectivity index (χ0v) is 11.7. The van der Waals surface area contributed by atoms with Crippen molar-refractivity contribution in [3.8, 4) is 0 Å². The minimum atomic E-state index is -0.804. The normalized spacial score (nSPS) is 10.9. The van der Waals surface area contributed by atoms with Crippen LogP contribution in [-0.4, -0.2) is 9.97 Å². The number of halogens is 3. The Balaban J connectivity index is 2.48. The molecular formula is C13H13ClF2N4. The zero-order valence-electron chi connectivity index (χ0n) is 10.9. The van der Waals surface area contributed by atoms with Crippen molar-refractivity contribution < 1.29 is 8.78 Å². The van der Waals surface area contributed by atoms with E-state index < -0.39 is 11.6 Å². The van der Waals surface area contributed by atoms with Gasteiger partial charge in [0, 0.05) is 11.6 Å². The van der Waals surface area contributed by atoms with E-state index in [4.69, 9.17) is 17.3 Å². The molecule has 0 aliphatic heterocycles. The molecule has 1 aromatic heterocycles. The van der Waals surface area contributed by atoms with Crippen molar-refractivity contribution in [2.75, 3.05) is 11.1 Å². The summed E-state index contributed by atoms with van der Waals surface area (Å²) in [5, 5.41) is 2.68. The molecule has 0 bridgehead atoms. The summed E-state index contributed by atoms with van der Waals surface area (Å²) >= 11 is 5.84. The number of nitrogens with one attached hydrogen (secondary N) is 1. The maximum atomic E-state index is 13.8. The first kappa shape index (κ1) is 14.5. The fraction of sp³-hybridized carbons (Fsp3) is 0.231. The van der Waals surface area contributed by atoms with Crippen molar-refractivity contribution >= 4 is 28.9 Å². The van der Waals surface area contributed by atoms with E-state index in [0.29, 0.717) is 17.2 Å². The summed E-state index contributed by atoms with van der Waals surface area (Å²) in [4.78, 5) is 7.94. The predicted octanol–water partition coefficient (Wildman–Crippen LogP) is 3.86. The molecule has 2 rings (SSSR count). The summed E-state index contributed by atoms with van der Waals surface area (Å²) in [6.07, 6.45) is 1.26. The molecule has 4 nitrogen and oxygen atoms in total. The molecule has 0 amide bonds. The van der Waals surface area contributed by atoms with Gasteiger partial charge in [-0.2, -0.15) is 0 Å². The Morgan fingerprint density at radius 1 is 1.25 bits per heavy atom. The largest absolute Gasteiger partial charge is 0.383 e.